The predicted molar refractivity (Wildman–Crippen MR) is 71.5 cm³/mol. The molecule has 2 aromatic rings. The fourth-order valence-corrected chi connectivity index (χ4v) is 3.45. The van der Waals surface area contributed by atoms with Crippen molar-refractivity contribution in [1.29, 1.82) is 0 Å². The number of aromatic nitrogens is 2. The summed E-state index contributed by atoms with van der Waals surface area (Å²) in [6, 6.07) is 4.42. The van der Waals surface area contributed by atoms with Gasteiger partial charge in [-0.05, 0) is 40.9 Å². The molecule has 1 aliphatic carbocycles. The zero-order valence-electron chi connectivity index (χ0n) is 9.77. The molecule has 1 fully saturated rings. The van der Waals surface area contributed by atoms with Gasteiger partial charge >= 0.3 is 0 Å². The Morgan fingerprint density at radius 2 is 2.17 bits per heavy atom. The molecule has 0 bridgehead atoms. The SMILES string of the molecule is O=C1c2c(Br)c3ncccc3n2CCN1C1CC1. The molecule has 0 saturated heterocycles. The average molecular weight is 306 g/mol. The van der Waals surface area contributed by atoms with E-state index in [-0.39, 0.29) is 5.91 Å². The maximum atomic E-state index is 12.5. The maximum absolute atomic E-state index is 12.5. The summed E-state index contributed by atoms with van der Waals surface area (Å²) in [5, 5.41) is 0. The molecule has 92 valence electrons. The normalized spacial score (nSPS) is 19.4. The first-order valence-electron chi connectivity index (χ1n) is 6.21. The molecule has 18 heavy (non-hydrogen) atoms. The molecular weight excluding hydrogens is 294 g/mol. The van der Waals surface area contributed by atoms with E-state index in [1.54, 1.807) is 6.20 Å². The Labute approximate surface area is 113 Å². The fraction of sp³-hybridized carbons (Fsp3) is 0.385. The third-order valence-corrected chi connectivity index (χ3v) is 4.53. The van der Waals surface area contributed by atoms with Crippen LogP contribution in [0.25, 0.3) is 11.0 Å². The second kappa shape index (κ2) is 3.57. The first kappa shape index (κ1) is 10.6. The van der Waals surface area contributed by atoms with Crippen LogP contribution in [0.4, 0.5) is 0 Å². The first-order valence-corrected chi connectivity index (χ1v) is 7.00. The summed E-state index contributed by atoms with van der Waals surface area (Å²) in [5.74, 6) is 0.147. The van der Waals surface area contributed by atoms with Crippen molar-refractivity contribution in [3.05, 3.63) is 28.5 Å². The molecule has 4 nitrogen and oxygen atoms in total. The van der Waals surface area contributed by atoms with Crippen LogP contribution >= 0.6 is 15.9 Å². The molecule has 0 radical (unpaired) electrons. The summed E-state index contributed by atoms with van der Waals surface area (Å²) in [4.78, 5) is 18.9. The molecule has 0 spiro atoms. The molecule has 2 aromatic heterocycles. The van der Waals surface area contributed by atoms with Crippen LogP contribution in [0.5, 0.6) is 0 Å². The highest BCUT2D eigenvalue weighted by atomic mass is 79.9. The number of hydrogen-bond donors (Lipinski definition) is 0. The van der Waals surface area contributed by atoms with Gasteiger partial charge in [0.15, 0.2) is 0 Å². The summed E-state index contributed by atoms with van der Waals surface area (Å²) in [5.41, 5.74) is 2.70. The quantitative estimate of drug-likeness (QED) is 0.811. The first-order chi connectivity index (χ1) is 8.77. The second-order valence-corrected chi connectivity index (χ2v) is 5.71. The third kappa shape index (κ3) is 1.31. The van der Waals surface area contributed by atoms with Gasteiger partial charge in [-0.3, -0.25) is 9.78 Å². The van der Waals surface area contributed by atoms with E-state index in [4.69, 9.17) is 0 Å². The minimum Gasteiger partial charge on any atom is -0.333 e. The fourth-order valence-electron chi connectivity index (χ4n) is 2.76. The lowest BCUT2D eigenvalue weighted by Gasteiger charge is -2.28. The predicted octanol–water partition coefficient (Wildman–Crippen LogP) is 2.42. The zero-order valence-corrected chi connectivity index (χ0v) is 11.4. The Balaban J connectivity index is 1.94. The number of fused-ring (bicyclic) bond motifs is 3. The van der Waals surface area contributed by atoms with Gasteiger partial charge in [0.1, 0.15) is 11.2 Å². The van der Waals surface area contributed by atoms with Crippen LogP contribution in [0, 0.1) is 0 Å². The van der Waals surface area contributed by atoms with Crippen molar-refractivity contribution >= 4 is 32.9 Å². The minimum absolute atomic E-state index is 0.147. The van der Waals surface area contributed by atoms with Crippen molar-refractivity contribution in [2.45, 2.75) is 25.4 Å². The molecular formula is C13H12BrN3O. The highest BCUT2D eigenvalue weighted by Crippen LogP contribution is 2.36. The lowest BCUT2D eigenvalue weighted by Crippen LogP contribution is -2.41. The largest absolute Gasteiger partial charge is 0.333 e. The molecule has 0 atom stereocenters. The van der Waals surface area contributed by atoms with Crippen molar-refractivity contribution in [2.75, 3.05) is 6.54 Å². The average Bonchev–Trinajstić information content (AvgIpc) is 3.18. The van der Waals surface area contributed by atoms with Crippen molar-refractivity contribution in [3.63, 3.8) is 0 Å². The van der Waals surface area contributed by atoms with Crippen LogP contribution in [0.3, 0.4) is 0 Å². The molecule has 0 aromatic carbocycles. The van der Waals surface area contributed by atoms with E-state index in [2.05, 4.69) is 25.5 Å². The molecule has 4 rings (SSSR count). The van der Waals surface area contributed by atoms with Gasteiger partial charge in [0.05, 0.1) is 9.99 Å². The Bertz CT molecular complexity index is 660. The van der Waals surface area contributed by atoms with E-state index in [1.807, 2.05) is 17.0 Å². The van der Waals surface area contributed by atoms with Crippen molar-refractivity contribution < 1.29 is 4.79 Å². The molecule has 1 saturated carbocycles. The summed E-state index contributed by atoms with van der Waals surface area (Å²) in [7, 11) is 0. The van der Waals surface area contributed by atoms with E-state index in [0.29, 0.717) is 6.04 Å². The highest BCUT2D eigenvalue weighted by Gasteiger charge is 2.38. The number of hydrogen-bond acceptors (Lipinski definition) is 2. The molecule has 3 heterocycles. The van der Waals surface area contributed by atoms with Gasteiger partial charge < -0.3 is 9.47 Å². The monoisotopic (exact) mass is 305 g/mol. The standard InChI is InChI=1S/C13H12BrN3O/c14-10-11-9(2-1-5-15-11)17-7-6-16(8-3-4-8)13(18)12(10)17/h1-2,5,8H,3-4,6-7H2. The van der Waals surface area contributed by atoms with Crippen LogP contribution in [-0.2, 0) is 6.54 Å². The van der Waals surface area contributed by atoms with Gasteiger partial charge in [0.2, 0.25) is 0 Å². The lowest BCUT2D eigenvalue weighted by atomic mass is 10.3. The van der Waals surface area contributed by atoms with Crippen LogP contribution < -0.4 is 0 Å². The molecule has 5 heteroatoms. The summed E-state index contributed by atoms with van der Waals surface area (Å²) < 4.78 is 2.93. The number of carbonyl (C=O) groups excluding carboxylic acids is 1. The van der Waals surface area contributed by atoms with Gasteiger partial charge in [0.25, 0.3) is 5.91 Å². The van der Waals surface area contributed by atoms with Gasteiger partial charge in [-0.2, -0.15) is 0 Å². The zero-order chi connectivity index (χ0) is 12.3. The van der Waals surface area contributed by atoms with Gasteiger partial charge in [-0.25, -0.2) is 0 Å². The molecule has 0 unspecified atom stereocenters. The van der Waals surface area contributed by atoms with Gasteiger partial charge in [-0.15, -0.1) is 0 Å². The molecule has 1 aliphatic heterocycles. The van der Waals surface area contributed by atoms with Crippen molar-refractivity contribution in [2.24, 2.45) is 0 Å². The maximum Gasteiger partial charge on any atom is 0.272 e. The van der Waals surface area contributed by atoms with Crippen molar-refractivity contribution in [3.8, 4) is 0 Å². The molecule has 1 amide bonds. The van der Waals surface area contributed by atoms with Crippen molar-refractivity contribution in [1.82, 2.24) is 14.5 Å². The topological polar surface area (TPSA) is 38.1 Å². The lowest BCUT2D eigenvalue weighted by molar-refractivity contribution is 0.0692. The van der Waals surface area contributed by atoms with E-state index < -0.39 is 0 Å². The number of pyridine rings is 1. The summed E-state index contributed by atoms with van der Waals surface area (Å²) in [6.07, 6.45) is 4.08. The van der Waals surface area contributed by atoms with E-state index in [9.17, 15) is 4.79 Å². The van der Waals surface area contributed by atoms with Crippen LogP contribution in [0.15, 0.2) is 22.8 Å². The van der Waals surface area contributed by atoms with E-state index >= 15 is 0 Å². The van der Waals surface area contributed by atoms with Crippen LogP contribution in [0.1, 0.15) is 23.3 Å². The second-order valence-electron chi connectivity index (χ2n) is 4.92. The van der Waals surface area contributed by atoms with Crippen LogP contribution in [0.2, 0.25) is 0 Å². The minimum atomic E-state index is 0.147. The smallest absolute Gasteiger partial charge is 0.272 e. The summed E-state index contributed by atoms with van der Waals surface area (Å²) in [6.45, 7) is 1.69. The Morgan fingerprint density at radius 3 is 2.94 bits per heavy atom. The van der Waals surface area contributed by atoms with E-state index in [1.165, 1.54) is 0 Å². The Hall–Kier alpha value is -1.36. The number of halogens is 1. The highest BCUT2D eigenvalue weighted by molar-refractivity contribution is 9.10. The molecule has 0 N–H and O–H groups in total. The molecule has 2 aliphatic rings. The van der Waals surface area contributed by atoms with Crippen LogP contribution in [-0.4, -0.2) is 32.9 Å². The van der Waals surface area contributed by atoms with Gasteiger partial charge in [-0.1, -0.05) is 0 Å². The van der Waals surface area contributed by atoms with Gasteiger partial charge in [0, 0.05) is 25.3 Å². The number of carbonyl (C=O) groups is 1. The number of rotatable bonds is 1. The summed E-state index contributed by atoms with van der Waals surface area (Å²) >= 11 is 3.54. The number of amides is 1. The third-order valence-electron chi connectivity index (χ3n) is 3.78. The van der Waals surface area contributed by atoms with E-state index in [0.717, 1.165) is 47.1 Å². The Kier molecular flexibility index (Phi) is 2.09. The number of nitrogens with zero attached hydrogens (tertiary/aromatic N) is 3. The Morgan fingerprint density at radius 1 is 1.33 bits per heavy atom.